The Morgan fingerprint density at radius 2 is 1.71 bits per heavy atom. The lowest BCUT2D eigenvalue weighted by Crippen LogP contribution is -2.45. The largest absolute Gasteiger partial charge is 0.490 e. The van der Waals surface area contributed by atoms with Gasteiger partial charge in [0.25, 0.3) is 15.9 Å². The Kier molecular flexibility index (Phi) is 5.90. The van der Waals surface area contributed by atoms with Gasteiger partial charge in [-0.25, -0.2) is 12.7 Å². The zero-order valence-corrected chi connectivity index (χ0v) is 20.7. The number of sulfonamides is 1. The molecular formula is C26H31N3O4S. The summed E-state index contributed by atoms with van der Waals surface area (Å²) in [5, 5.41) is 0.881. The number of rotatable bonds is 5. The van der Waals surface area contributed by atoms with Crippen molar-refractivity contribution in [2.24, 2.45) is 0 Å². The lowest BCUT2D eigenvalue weighted by atomic mass is 10.1. The van der Waals surface area contributed by atoms with Gasteiger partial charge in [-0.2, -0.15) is 0 Å². The van der Waals surface area contributed by atoms with Crippen LogP contribution < -0.4 is 4.74 Å². The Bertz CT molecular complexity index is 1310. The Morgan fingerprint density at radius 1 is 1.00 bits per heavy atom. The maximum absolute atomic E-state index is 13.3. The summed E-state index contributed by atoms with van der Waals surface area (Å²) >= 11 is 0. The normalized spacial score (nSPS) is 20.2. The molecule has 5 rings (SSSR count). The van der Waals surface area contributed by atoms with Gasteiger partial charge in [0.1, 0.15) is 17.5 Å². The summed E-state index contributed by atoms with van der Waals surface area (Å²) in [5.74, 6) is 0.286. The van der Waals surface area contributed by atoms with Crippen LogP contribution in [0.2, 0.25) is 0 Å². The number of aromatic nitrogens is 1. The first-order chi connectivity index (χ1) is 16.3. The molecule has 1 saturated heterocycles. The molecule has 0 N–H and O–H groups in total. The molecule has 2 aliphatic heterocycles. The maximum Gasteiger partial charge on any atom is 0.284 e. The Morgan fingerprint density at radius 3 is 2.38 bits per heavy atom. The summed E-state index contributed by atoms with van der Waals surface area (Å²) in [5.41, 5.74) is 1.30. The lowest BCUT2D eigenvalue weighted by molar-refractivity contribution is 0.0807. The van der Waals surface area contributed by atoms with Crippen LogP contribution in [0.4, 0.5) is 0 Å². The van der Waals surface area contributed by atoms with Crippen molar-refractivity contribution in [1.82, 2.24) is 13.8 Å². The van der Waals surface area contributed by atoms with Crippen molar-refractivity contribution >= 4 is 26.8 Å². The van der Waals surface area contributed by atoms with Gasteiger partial charge in [-0.05, 0) is 70.0 Å². The second kappa shape index (κ2) is 8.74. The van der Waals surface area contributed by atoms with Crippen molar-refractivity contribution in [2.75, 3.05) is 19.6 Å². The van der Waals surface area contributed by atoms with Gasteiger partial charge in [0.15, 0.2) is 0 Å². The molecule has 34 heavy (non-hydrogen) atoms. The number of amides is 1. The van der Waals surface area contributed by atoms with E-state index >= 15 is 0 Å². The van der Waals surface area contributed by atoms with E-state index in [9.17, 15) is 13.2 Å². The average Bonchev–Trinajstić information content (AvgIpc) is 3.22. The number of hydrogen-bond donors (Lipinski definition) is 0. The highest BCUT2D eigenvalue weighted by Gasteiger charge is 2.38. The number of nitrogens with zero attached hydrogens (tertiary/aromatic N) is 3. The quantitative estimate of drug-likeness (QED) is 0.543. The first-order valence-corrected chi connectivity index (χ1v) is 13.4. The number of carbonyl (C=O) groups excluding carboxylic acids is 1. The average molecular weight is 482 g/mol. The molecule has 3 heterocycles. The maximum atomic E-state index is 13.3. The number of carbonyl (C=O) groups is 1. The second-order valence-corrected chi connectivity index (χ2v) is 11.4. The third kappa shape index (κ3) is 3.99. The first-order valence-electron chi connectivity index (χ1n) is 11.9. The molecule has 2 aliphatic rings. The molecule has 0 aliphatic carbocycles. The van der Waals surface area contributed by atoms with E-state index in [4.69, 9.17) is 4.74 Å². The van der Waals surface area contributed by atoms with Crippen LogP contribution in [-0.2, 0) is 10.0 Å². The summed E-state index contributed by atoms with van der Waals surface area (Å²) < 4.78 is 35.6. The monoisotopic (exact) mass is 481 g/mol. The smallest absolute Gasteiger partial charge is 0.284 e. The van der Waals surface area contributed by atoms with Crippen molar-refractivity contribution in [3.05, 3.63) is 60.3 Å². The van der Waals surface area contributed by atoms with E-state index in [1.807, 2.05) is 29.7 Å². The van der Waals surface area contributed by atoms with Crippen LogP contribution in [0.5, 0.6) is 5.75 Å². The Balaban J connectivity index is 1.41. The third-order valence-corrected chi connectivity index (χ3v) is 8.73. The zero-order chi connectivity index (χ0) is 24.0. The van der Waals surface area contributed by atoms with Gasteiger partial charge < -0.3 is 14.2 Å². The molecular weight excluding hydrogens is 450 g/mol. The number of fused-ring (bicyclic) bond motifs is 3. The predicted octanol–water partition coefficient (Wildman–Crippen LogP) is 4.30. The van der Waals surface area contributed by atoms with Crippen molar-refractivity contribution < 1.29 is 17.9 Å². The van der Waals surface area contributed by atoms with Crippen molar-refractivity contribution in [2.45, 2.75) is 56.7 Å². The van der Waals surface area contributed by atoms with Crippen molar-refractivity contribution in [3.8, 4) is 5.75 Å². The fourth-order valence-corrected chi connectivity index (χ4v) is 6.57. The number of benzene rings is 2. The topological polar surface area (TPSA) is 71.8 Å². The molecule has 1 amide bonds. The van der Waals surface area contributed by atoms with Gasteiger partial charge in [-0.3, -0.25) is 4.79 Å². The van der Waals surface area contributed by atoms with Crippen LogP contribution in [0.25, 0.3) is 10.9 Å². The molecule has 3 aromatic rings. The number of hydrogen-bond acceptors (Lipinski definition) is 5. The van der Waals surface area contributed by atoms with Gasteiger partial charge in [0.05, 0.1) is 17.5 Å². The van der Waals surface area contributed by atoms with Crippen LogP contribution in [0, 0.1) is 0 Å². The third-order valence-electron chi connectivity index (χ3n) is 6.97. The van der Waals surface area contributed by atoms with E-state index in [1.165, 1.54) is 12.1 Å². The van der Waals surface area contributed by atoms with Crippen molar-refractivity contribution in [3.63, 3.8) is 0 Å². The molecule has 1 fully saturated rings. The molecule has 1 aromatic heterocycles. The van der Waals surface area contributed by atoms with E-state index in [1.54, 1.807) is 24.3 Å². The minimum atomic E-state index is -3.92. The molecule has 2 aromatic carbocycles. The van der Waals surface area contributed by atoms with Gasteiger partial charge >= 0.3 is 0 Å². The first kappa shape index (κ1) is 22.9. The van der Waals surface area contributed by atoms with Crippen LogP contribution in [0.15, 0.2) is 59.5 Å². The highest BCUT2D eigenvalue weighted by Crippen LogP contribution is 2.34. The van der Waals surface area contributed by atoms with Gasteiger partial charge in [-0.15, -0.1) is 0 Å². The summed E-state index contributed by atoms with van der Waals surface area (Å²) in [6.45, 7) is 8.54. The highest BCUT2D eigenvalue weighted by molar-refractivity contribution is 7.89. The van der Waals surface area contributed by atoms with E-state index in [-0.39, 0.29) is 23.6 Å². The number of likely N-dealkylation sites (tertiary alicyclic amines) is 1. The molecule has 180 valence electrons. The molecule has 8 heteroatoms. The zero-order valence-electron chi connectivity index (χ0n) is 19.8. The molecule has 0 spiro atoms. The van der Waals surface area contributed by atoms with E-state index < -0.39 is 15.9 Å². The van der Waals surface area contributed by atoms with Gasteiger partial charge in [0, 0.05) is 30.0 Å². The van der Waals surface area contributed by atoms with Gasteiger partial charge in [0.2, 0.25) is 0 Å². The van der Waals surface area contributed by atoms with Gasteiger partial charge in [-0.1, -0.05) is 18.2 Å². The molecule has 1 atom stereocenters. The SMILES string of the molecule is CC(C)N1CCC(Oc2ccc3c(c2)cc2n3C(C)CN(S(=O)(=O)c3ccccc3)C2=O)CC1. The van der Waals surface area contributed by atoms with Crippen LogP contribution >= 0.6 is 0 Å². The molecule has 1 unspecified atom stereocenters. The summed E-state index contributed by atoms with van der Waals surface area (Å²) in [6, 6.07) is 16.2. The Hall–Kier alpha value is -2.84. The standard InChI is InChI=1S/C26H31N3O4S/c1-18(2)27-13-11-21(12-14-27)33-22-9-10-24-20(15-22)16-25-26(30)28(17-19(3)29(24)25)34(31,32)23-7-5-4-6-8-23/h4-10,15-16,18-19,21H,11-14,17H2,1-3H3. The Labute approximate surface area is 201 Å². The van der Waals surface area contributed by atoms with E-state index in [0.29, 0.717) is 11.7 Å². The molecule has 0 radical (unpaired) electrons. The number of ether oxygens (including phenoxy) is 1. The number of piperidine rings is 1. The minimum absolute atomic E-state index is 0.0967. The predicted molar refractivity (Wildman–Crippen MR) is 132 cm³/mol. The fourth-order valence-electron chi connectivity index (χ4n) is 5.09. The van der Waals surface area contributed by atoms with Crippen LogP contribution in [-0.4, -0.2) is 59.9 Å². The highest BCUT2D eigenvalue weighted by atomic mass is 32.2. The summed E-state index contributed by atoms with van der Waals surface area (Å²) in [4.78, 5) is 15.9. The van der Waals surface area contributed by atoms with Crippen molar-refractivity contribution in [1.29, 1.82) is 0 Å². The molecule has 0 bridgehead atoms. The minimum Gasteiger partial charge on any atom is -0.490 e. The van der Waals surface area contributed by atoms with E-state index in [0.717, 1.165) is 46.9 Å². The van der Waals surface area contributed by atoms with E-state index in [2.05, 4.69) is 18.7 Å². The lowest BCUT2D eigenvalue weighted by Gasteiger charge is -2.34. The van der Waals surface area contributed by atoms with Crippen LogP contribution in [0.3, 0.4) is 0 Å². The molecule has 0 saturated carbocycles. The second-order valence-electron chi connectivity index (χ2n) is 9.57. The molecule has 7 nitrogen and oxygen atoms in total. The fraction of sp³-hybridized carbons (Fsp3) is 0.423. The van der Waals surface area contributed by atoms with Crippen LogP contribution in [0.1, 0.15) is 50.1 Å². The summed E-state index contributed by atoms with van der Waals surface area (Å²) in [6.07, 6.45) is 2.16. The summed E-state index contributed by atoms with van der Waals surface area (Å²) in [7, 11) is -3.92.